The second kappa shape index (κ2) is 4.10. The van der Waals surface area contributed by atoms with Crippen molar-refractivity contribution in [2.45, 2.75) is 6.92 Å². The fraction of sp³-hybridized carbons (Fsp3) is 0.0833. The molecule has 1 heterocycles. The maximum atomic E-state index is 11.6. The van der Waals surface area contributed by atoms with E-state index in [1.807, 2.05) is 30.3 Å². The third-order valence-corrected chi connectivity index (χ3v) is 2.17. The first kappa shape index (κ1) is 10.3. The summed E-state index contributed by atoms with van der Waals surface area (Å²) in [5.74, 6) is -0.103. The van der Waals surface area contributed by atoms with E-state index in [9.17, 15) is 9.90 Å². The molecule has 0 aliphatic carbocycles. The number of anilines is 1. The lowest BCUT2D eigenvalue weighted by Gasteiger charge is -2.11. The van der Waals surface area contributed by atoms with Gasteiger partial charge in [0, 0.05) is 12.1 Å². The van der Waals surface area contributed by atoms with Crippen molar-refractivity contribution < 1.29 is 5.11 Å². The van der Waals surface area contributed by atoms with Crippen molar-refractivity contribution in [2.24, 2.45) is 0 Å². The molecular weight excluding hydrogens is 204 g/mol. The minimum Gasteiger partial charge on any atom is -0.493 e. The molecule has 1 aromatic carbocycles. The van der Waals surface area contributed by atoms with Crippen LogP contribution in [0, 0.1) is 6.92 Å². The van der Waals surface area contributed by atoms with Crippen LogP contribution in [0.2, 0.25) is 0 Å². The minimum absolute atomic E-state index is 0.103. The van der Waals surface area contributed by atoms with Gasteiger partial charge in [-0.1, -0.05) is 18.2 Å². The van der Waals surface area contributed by atoms with E-state index in [0.29, 0.717) is 0 Å². The van der Waals surface area contributed by atoms with Crippen LogP contribution < -0.4 is 11.0 Å². The first-order valence-corrected chi connectivity index (χ1v) is 4.91. The molecule has 4 nitrogen and oxygen atoms in total. The molecule has 0 saturated heterocycles. The van der Waals surface area contributed by atoms with E-state index in [1.165, 1.54) is 12.1 Å². The van der Waals surface area contributed by atoms with Crippen molar-refractivity contribution >= 4 is 5.69 Å². The van der Waals surface area contributed by atoms with Crippen LogP contribution in [0.25, 0.3) is 0 Å². The second-order valence-electron chi connectivity index (χ2n) is 3.54. The van der Waals surface area contributed by atoms with Crippen molar-refractivity contribution in [3.63, 3.8) is 0 Å². The number of aromatic hydroxyl groups is 1. The normalized spacial score (nSPS) is 10.1. The third-order valence-electron chi connectivity index (χ3n) is 2.17. The van der Waals surface area contributed by atoms with E-state index in [0.717, 1.165) is 15.9 Å². The van der Waals surface area contributed by atoms with Gasteiger partial charge in [-0.05, 0) is 24.6 Å². The summed E-state index contributed by atoms with van der Waals surface area (Å²) < 4.78 is 1.10. The van der Waals surface area contributed by atoms with Gasteiger partial charge in [0.25, 0.3) is 5.56 Å². The molecule has 2 N–H and O–H groups in total. The summed E-state index contributed by atoms with van der Waals surface area (Å²) in [5, 5.41) is 9.63. The van der Waals surface area contributed by atoms with Gasteiger partial charge in [-0.3, -0.25) is 10.2 Å². The molecule has 0 saturated carbocycles. The van der Waals surface area contributed by atoms with E-state index in [2.05, 4.69) is 5.43 Å². The molecule has 0 atom stereocenters. The van der Waals surface area contributed by atoms with Gasteiger partial charge < -0.3 is 5.11 Å². The Morgan fingerprint density at radius 3 is 2.50 bits per heavy atom. The molecule has 1 aromatic heterocycles. The quantitative estimate of drug-likeness (QED) is 0.804. The Morgan fingerprint density at radius 2 is 1.88 bits per heavy atom. The molecule has 0 aliphatic heterocycles. The average molecular weight is 216 g/mol. The Balaban J connectivity index is 2.39. The zero-order valence-electron chi connectivity index (χ0n) is 8.84. The molecule has 0 radical (unpaired) electrons. The third kappa shape index (κ3) is 2.06. The number of hydrogen-bond acceptors (Lipinski definition) is 3. The van der Waals surface area contributed by atoms with Crippen molar-refractivity contribution in [2.75, 3.05) is 5.43 Å². The number of para-hydroxylation sites is 1. The maximum absolute atomic E-state index is 11.6. The van der Waals surface area contributed by atoms with Crippen LogP contribution >= 0.6 is 0 Å². The summed E-state index contributed by atoms with van der Waals surface area (Å²) in [5.41, 5.74) is 4.00. The first-order valence-electron chi connectivity index (χ1n) is 4.91. The minimum atomic E-state index is -0.290. The van der Waals surface area contributed by atoms with Crippen molar-refractivity contribution in [3.8, 4) is 5.88 Å². The van der Waals surface area contributed by atoms with Crippen LogP contribution in [0.3, 0.4) is 0 Å². The Hall–Kier alpha value is -2.23. The summed E-state index contributed by atoms with van der Waals surface area (Å²) in [6.45, 7) is 1.76. The average Bonchev–Trinajstić information content (AvgIpc) is 2.25. The topological polar surface area (TPSA) is 54.3 Å². The Kier molecular flexibility index (Phi) is 2.64. The number of aryl methyl sites for hydroxylation is 1. The van der Waals surface area contributed by atoms with Crippen molar-refractivity contribution in [3.05, 3.63) is 58.4 Å². The van der Waals surface area contributed by atoms with Crippen LogP contribution in [-0.2, 0) is 0 Å². The highest BCUT2D eigenvalue weighted by Gasteiger charge is 2.03. The van der Waals surface area contributed by atoms with Crippen LogP contribution in [-0.4, -0.2) is 9.78 Å². The Labute approximate surface area is 92.8 Å². The number of nitrogens with one attached hydrogen (secondary N) is 1. The number of benzene rings is 1. The number of nitrogens with zero attached hydrogens (tertiary/aromatic N) is 1. The van der Waals surface area contributed by atoms with Gasteiger partial charge in [0.2, 0.25) is 5.88 Å². The number of hydrogen-bond donors (Lipinski definition) is 2. The van der Waals surface area contributed by atoms with Crippen LogP contribution in [0.15, 0.2) is 47.3 Å². The number of rotatable bonds is 2. The van der Waals surface area contributed by atoms with E-state index >= 15 is 0 Å². The van der Waals surface area contributed by atoms with Gasteiger partial charge in [-0.15, -0.1) is 0 Å². The number of pyridine rings is 1. The van der Waals surface area contributed by atoms with E-state index in [4.69, 9.17) is 0 Å². The fourth-order valence-electron chi connectivity index (χ4n) is 1.44. The fourth-order valence-corrected chi connectivity index (χ4v) is 1.44. The standard InChI is InChI=1S/C12H12N2O2/c1-9-7-11(15)14(12(16)8-9)13-10-5-3-2-4-6-10/h2-8,13,15H,1H3. The van der Waals surface area contributed by atoms with Gasteiger partial charge >= 0.3 is 0 Å². The molecule has 2 aromatic rings. The van der Waals surface area contributed by atoms with E-state index in [-0.39, 0.29) is 11.4 Å². The lowest BCUT2D eigenvalue weighted by atomic mass is 10.3. The summed E-state index contributed by atoms with van der Waals surface area (Å²) in [4.78, 5) is 11.6. The molecule has 4 heteroatoms. The van der Waals surface area contributed by atoms with E-state index < -0.39 is 0 Å². The largest absolute Gasteiger partial charge is 0.493 e. The van der Waals surface area contributed by atoms with Gasteiger partial charge in [0.1, 0.15) is 0 Å². The Morgan fingerprint density at radius 1 is 1.19 bits per heavy atom. The maximum Gasteiger partial charge on any atom is 0.272 e. The molecule has 0 bridgehead atoms. The molecule has 2 rings (SSSR count). The zero-order valence-corrected chi connectivity index (χ0v) is 8.84. The lowest BCUT2D eigenvalue weighted by Crippen LogP contribution is -2.25. The van der Waals surface area contributed by atoms with Gasteiger partial charge in [0.15, 0.2) is 0 Å². The SMILES string of the molecule is Cc1cc(O)n(Nc2ccccc2)c(=O)c1. The summed E-state index contributed by atoms with van der Waals surface area (Å²) in [7, 11) is 0. The van der Waals surface area contributed by atoms with Gasteiger partial charge in [-0.25, -0.2) is 0 Å². The number of aromatic nitrogens is 1. The Bertz CT molecular complexity index is 547. The summed E-state index contributed by atoms with van der Waals surface area (Å²) in [6, 6.07) is 12.2. The molecule has 0 unspecified atom stereocenters. The molecule has 82 valence electrons. The highest BCUT2D eigenvalue weighted by molar-refractivity contribution is 5.43. The van der Waals surface area contributed by atoms with Gasteiger partial charge in [0.05, 0.1) is 5.69 Å². The molecule has 0 aliphatic rings. The lowest BCUT2D eigenvalue weighted by molar-refractivity contribution is 0.427. The highest BCUT2D eigenvalue weighted by Crippen LogP contribution is 2.10. The first-order chi connectivity index (χ1) is 7.66. The molecular formula is C12H12N2O2. The predicted octanol–water partition coefficient (Wildman–Crippen LogP) is 1.74. The second-order valence-corrected chi connectivity index (χ2v) is 3.54. The molecule has 0 spiro atoms. The summed E-state index contributed by atoms with van der Waals surface area (Å²) >= 11 is 0. The monoisotopic (exact) mass is 216 g/mol. The van der Waals surface area contributed by atoms with Crippen molar-refractivity contribution in [1.29, 1.82) is 0 Å². The molecule has 16 heavy (non-hydrogen) atoms. The van der Waals surface area contributed by atoms with Crippen LogP contribution in [0.5, 0.6) is 5.88 Å². The van der Waals surface area contributed by atoms with Gasteiger partial charge in [-0.2, -0.15) is 4.68 Å². The van der Waals surface area contributed by atoms with Crippen molar-refractivity contribution in [1.82, 2.24) is 4.68 Å². The predicted molar refractivity (Wildman–Crippen MR) is 62.6 cm³/mol. The summed E-state index contributed by atoms with van der Waals surface area (Å²) in [6.07, 6.45) is 0. The highest BCUT2D eigenvalue weighted by atomic mass is 16.3. The molecule has 0 amide bonds. The van der Waals surface area contributed by atoms with E-state index in [1.54, 1.807) is 6.92 Å². The van der Waals surface area contributed by atoms with Crippen LogP contribution in [0.4, 0.5) is 5.69 Å². The van der Waals surface area contributed by atoms with Crippen LogP contribution in [0.1, 0.15) is 5.56 Å². The molecule has 0 fully saturated rings. The smallest absolute Gasteiger partial charge is 0.272 e. The zero-order chi connectivity index (χ0) is 11.5.